The lowest BCUT2D eigenvalue weighted by atomic mass is 10.0. The molecule has 16 heteroatoms. The van der Waals surface area contributed by atoms with Crippen LogP contribution in [-0.4, -0.2) is 76.0 Å². The number of ether oxygens (including phenoxy) is 2. The van der Waals surface area contributed by atoms with E-state index in [0.29, 0.717) is 41.8 Å². The highest BCUT2D eigenvalue weighted by Crippen LogP contribution is 2.39. The van der Waals surface area contributed by atoms with Gasteiger partial charge < -0.3 is 41.4 Å². The van der Waals surface area contributed by atoms with Crippen molar-refractivity contribution in [2.75, 3.05) is 71.3 Å². The molecule has 5 heterocycles. The highest BCUT2D eigenvalue weighted by molar-refractivity contribution is 6.04. The maximum absolute atomic E-state index is 12.4. The average Bonchev–Trinajstić information content (AvgIpc) is 3.77. The van der Waals surface area contributed by atoms with Gasteiger partial charge >= 0.3 is 12.0 Å². The Balaban J connectivity index is 0.000000256. The van der Waals surface area contributed by atoms with Gasteiger partial charge in [-0.2, -0.15) is 25.2 Å². The van der Waals surface area contributed by atoms with Gasteiger partial charge in [-0.1, -0.05) is 70.5 Å². The highest BCUT2D eigenvalue weighted by Gasteiger charge is 2.32. The molecule has 1 saturated heterocycles. The summed E-state index contributed by atoms with van der Waals surface area (Å²) in [4.78, 5) is 48.4. The minimum absolute atomic E-state index is 0. The third-order valence-electron chi connectivity index (χ3n) is 10.4. The van der Waals surface area contributed by atoms with Crippen molar-refractivity contribution >= 4 is 46.5 Å². The summed E-state index contributed by atoms with van der Waals surface area (Å²) in [5, 5.41) is 14.7. The van der Waals surface area contributed by atoms with Crippen LogP contribution in [0.1, 0.15) is 111 Å². The van der Waals surface area contributed by atoms with E-state index in [1.807, 2.05) is 28.9 Å². The first kappa shape index (κ1) is 42.4. The standard InChI is InChI=1S/C23H32N6O2.C19H22N6O2.CH4.H2/c1-3-4-12-31-23-26-21(24)20-22(27-23)29(15-19(30)25-20)16(2)18-9-7-8-17(13-18)14-28-10-5-6-11-28;1-3-4-8-27-19-23-17(21)16-18(24-19)25(11-15(26)22-16)12(2)14-7-5-6-13(9-14)10-20;;/h7-9,13,16H,3-6,10-12,14-15H2,1-2H3,(H,25,30)(H2,24,26,27);5-7,9,12H,3-4,8,11H2,1-2H3,(H,22,26)(H2,21,23,24);1H4;1H/i;;;1+1D. The van der Waals surface area contributed by atoms with Crippen molar-refractivity contribution in [1.29, 1.82) is 5.26 Å². The fourth-order valence-electron chi connectivity index (χ4n) is 7.13. The Morgan fingerprint density at radius 1 is 0.797 bits per heavy atom. The van der Waals surface area contributed by atoms with Crippen LogP contribution in [0.25, 0.3) is 0 Å². The summed E-state index contributed by atoms with van der Waals surface area (Å²) in [5.74, 6) is 1.20. The minimum Gasteiger partial charge on any atom is -0.463 e. The van der Waals surface area contributed by atoms with E-state index < -0.39 is 0 Å². The number of nitriles is 1. The zero-order valence-corrected chi connectivity index (χ0v) is 33.8. The van der Waals surface area contributed by atoms with Crippen molar-refractivity contribution in [2.24, 2.45) is 0 Å². The number of likely N-dealkylation sites (tertiary alicyclic amines) is 1. The molecule has 0 aliphatic carbocycles. The molecule has 6 N–H and O–H groups in total. The van der Waals surface area contributed by atoms with Crippen LogP contribution < -0.4 is 41.4 Å². The van der Waals surface area contributed by atoms with E-state index in [-0.39, 0.29) is 68.1 Å². The predicted molar refractivity (Wildman–Crippen MR) is 233 cm³/mol. The van der Waals surface area contributed by atoms with Gasteiger partial charge in [0.05, 0.1) is 50.0 Å². The molecule has 0 radical (unpaired) electrons. The number of nitrogens with zero attached hydrogens (tertiary/aromatic N) is 8. The van der Waals surface area contributed by atoms with Crippen LogP contribution in [0.5, 0.6) is 12.0 Å². The van der Waals surface area contributed by atoms with Crippen LogP contribution in [0.3, 0.4) is 0 Å². The van der Waals surface area contributed by atoms with Crippen molar-refractivity contribution in [3.8, 4) is 18.1 Å². The maximum atomic E-state index is 12.4. The van der Waals surface area contributed by atoms with Crippen LogP contribution in [0.2, 0.25) is 0 Å². The van der Waals surface area contributed by atoms with Gasteiger partial charge in [0.25, 0.3) is 0 Å². The van der Waals surface area contributed by atoms with E-state index in [1.54, 1.807) is 12.1 Å². The molecular weight excluding hydrogens is 749 g/mol. The molecule has 0 spiro atoms. The molecule has 2 aromatic heterocycles. The third kappa shape index (κ3) is 10.8. The van der Waals surface area contributed by atoms with Crippen LogP contribution in [0, 0.1) is 11.3 Å². The van der Waals surface area contributed by atoms with E-state index in [1.165, 1.54) is 18.4 Å². The van der Waals surface area contributed by atoms with Crippen LogP contribution >= 0.6 is 0 Å². The summed E-state index contributed by atoms with van der Waals surface area (Å²) in [6.07, 6.45) is 6.38. The topological polar surface area (TPSA) is 214 Å². The molecule has 316 valence electrons. The second-order valence-corrected chi connectivity index (χ2v) is 14.8. The SMILES string of the molecule is C.CCCCOc1nc(N)c2c(n1)N(C(C)c1cccc(C#N)c1)CC(=O)N2.CCCCOc1nc(N)c2c(n1)N(C(C)c1cccc(CN3CCCC3)c1)CC(=O)N2.[2H][2H]. The largest absolute Gasteiger partial charge is 0.463 e. The van der Waals surface area contributed by atoms with E-state index in [2.05, 4.69) is 86.6 Å². The van der Waals surface area contributed by atoms with Gasteiger partial charge in [0.2, 0.25) is 11.8 Å². The molecule has 7 rings (SSSR count). The number of nitrogens with two attached hydrogens (primary N) is 2. The van der Waals surface area contributed by atoms with Gasteiger partial charge in [0.1, 0.15) is 11.4 Å². The molecule has 0 saturated carbocycles. The average molecular weight is 811 g/mol. The van der Waals surface area contributed by atoms with Gasteiger partial charge in [0.15, 0.2) is 23.3 Å². The number of unbranched alkanes of at least 4 members (excludes halogenated alkanes) is 2. The number of fused-ring (bicyclic) bond motifs is 2. The Morgan fingerprint density at radius 3 is 1.78 bits per heavy atom. The Labute approximate surface area is 350 Å². The number of hydrogen-bond donors (Lipinski definition) is 4. The zero-order chi connectivity index (χ0) is 43.2. The number of nitrogen functional groups attached to an aromatic ring is 2. The molecule has 59 heavy (non-hydrogen) atoms. The van der Waals surface area contributed by atoms with Crippen molar-refractivity contribution < 1.29 is 22.0 Å². The van der Waals surface area contributed by atoms with E-state index in [4.69, 9.17) is 29.2 Å². The number of nitrogens with one attached hydrogen (secondary N) is 2. The molecular formula is C43H60N12O4. The van der Waals surface area contributed by atoms with E-state index in [9.17, 15) is 9.59 Å². The Hall–Kier alpha value is -6.21. The summed E-state index contributed by atoms with van der Waals surface area (Å²) in [6.45, 7) is 12.9. The second kappa shape index (κ2) is 20.5. The van der Waals surface area contributed by atoms with E-state index in [0.717, 1.165) is 56.4 Å². The monoisotopic (exact) mass is 810 g/mol. The molecule has 0 bridgehead atoms. The Bertz CT molecular complexity index is 2130. The normalized spacial score (nSPS) is 15.7. The second-order valence-electron chi connectivity index (χ2n) is 14.8. The van der Waals surface area contributed by atoms with Gasteiger partial charge in [-0.25, -0.2) is 0 Å². The quantitative estimate of drug-likeness (QED) is 0.0958. The smallest absolute Gasteiger partial charge is 0.320 e. The first-order valence-electron chi connectivity index (χ1n) is 21.1. The van der Waals surface area contributed by atoms with Crippen LogP contribution in [-0.2, 0) is 16.1 Å². The molecule has 2 amide bonds. The summed E-state index contributed by atoms with van der Waals surface area (Å²) in [7, 11) is 0. The van der Waals surface area contributed by atoms with Crippen LogP contribution in [0.15, 0.2) is 48.5 Å². The number of anilines is 6. The van der Waals surface area contributed by atoms with Crippen molar-refractivity contribution in [3.63, 3.8) is 0 Å². The molecule has 4 aromatic rings. The number of aromatic nitrogens is 4. The predicted octanol–water partition coefficient (Wildman–Crippen LogP) is 6.86. The van der Waals surface area contributed by atoms with Crippen molar-refractivity contribution in [1.82, 2.24) is 24.8 Å². The maximum Gasteiger partial charge on any atom is 0.320 e. The summed E-state index contributed by atoms with van der Waals surface area (Å²) >= 11 is 0. The Morgan fingerprint density at radius 2 is 1.29 bits per heavy atom. The molecule has 2 unspecified atom stereocenters. The fourth-order valence-corrected chi connectivity index (χ4v) is 7.13. The highest BCUT2D eigenvalue weighted by atomic mass is 16.5. The molecule has 2 aromatic carbocycles. The molecule has 2 atom stereocenters. The first-order valence-corrected chi connectivity index (χ1v) is 20.1. The zero-order valence-electron chi connectivity index (χ0n) is 35.8. The lowest BCUT2D eigenvalue weighted by Crippen LogP contribution is -2.41. The van der Waals surface area contributed by atoms with Gasteiger partial charge in [-0.05, 0) is 81.4 Å². The summed E-state index contributed by atoms with van der Waals surface area (Å²) < 4.78 is 21.3. The Kier molecular flexibility index (Phi) is 14.7. The number of amides is 2. The van der Waals surface area contributed by atoms with Crippen molar-refractivity contribution in [3.05, 3.63) is 70.8 Å². The van der Waals surface area contributed by atoms with Gasteiger partial charge in [0, 0.05) is 9.51 Å². The molecule has 3 aliphatic heterocycles. The molecule has 1 fully saturated rings. The summed E-state index contributed by atoms with van der Waals surface area (Å²) in [6, 6.07) is 18.2. The number of carbonyl (C=O) groups is 2. The minimum atomic E-state index is -0.194. The number of hydrogen-bond acceptors (Lipinski definition) is 14. The molecule has 16 nitrogen and oxygen atoms in total. The third-order valence-corrected chi connectivity index (χ3v) is 10.4. The summed E-state index contributed by atoms with van der Waals surface area (Å²) in [5.41, 5.74) is 16.9. The van der Waals surface area contributed by atoms with Crippen LogP contribution in [0.4, 0.5) is 34.6 Å². The van der Waals surface area contributed by atoms with E-state index >= 15 is 0 Å². The van der Waals surface area contributed by atoms with Gasteiger partial charge in [-0.3, -0.25) is 14.5 Å². The fraction of sp³-hybridized carbons (Fsp3) is 0.465. The number of benzene rings is 2. The number of rotatable bonds is 14. The first-order chi connectivity index (χ1) is 29.1. The lowest BCUT2D eigenvalue weighted by molar-refractivity contribution is -0.116. The van der Waals surface area contributed by atoms with Gasteiger partial charge in [-0.15, -0.1) is 0 Å². The lowest BCUT2D eigenvalue weighted by Gasteiger charge is -2.35. The number of carbonyl (C=O) groups excluding carboxylic acids is 2. The molecule has 3 aliphatic rings. The van der Waals surface area contributed by atoms with Crippen molar-refractivity contribution in [2.45, 2.75) is 92.3 Å².